The molecule has 1 saturated heterocycles. The maximum Gasteiger partial charge on any atom is 0.140 e. The number of rotatable bonds is 3. The molecular weight excluding hydrogens is 273 g/mol. The average Bonchev–Trinajstić information content (AvgIpc) is 2.57. The highest BCUT2D eigenvalue weighted by Gasteiger charge is 2.17. The topological polar surface area (TPSA) is 46.0 Å². The highest BCUT2D eigenvalue weighted by Crippen LogP contribution is 2.13. The molecule has 2 rings (SSSR count). The Bertz CT molecular complexity index is 323. The third-order valence-corrected chi connectivity index (χ3v) is 3.36. The van der Waals surface area contributed by atoms with E-state index < -0.39 is 0 Å². The van der Waals surface area contributed by atoms with Gasteiger partial charge in [-0.05, 0) is 39.4 Å². The molecule has 2 heterocycles. The molecule has 7 heteroatoms. The van der Waals surface area contributed by atoms with Gasteiger partial charge in [0.15, 0.2) is 0 Å². The first kappa shape index (κ1) is 17.6. The minimum atomic E-state index is 0. The first-order chi connectivity index (χ1) is 7.77. The largest absolute Gasteiger partial charge is 0.317 e. The highest BCUT2D eigenvalue weighted by molar-refractivity contribution is 5.85. The van der Waals surface area contributed by atoms with E-state index in [4.69, 9.17) is 0 Å². The summed E-state index contributed by atoms with van der Waals surface area (Å²) in [4.78, 5) is 6.67. The molecular formula is C11H23Cl2N5. The monoisotopic (exact) mass is 295 g/mol. The van der Waals surface area contributed by atoms with Gasteiger partial charge in [0.05, 0.1) is 6.54 Å². The van der Waals surface area contributed by atoms with Crippen molar-refractivity contribution in [3.8, 4) is 0 Å². The SMILES string of the molecule is CN(Cc1ncnn1C)C1CCCNCC1.Cl.Cl. The van der Waals surface area contributed by atoms with Gasteiger partial charge >= 0.3 is 0 Å². The van der Waals surface area contributed by atoms with Crippen LogP contribution in [0.5, 0.6) is 0 Å². The smallest absolute Gasteiger partial charge is 0.140 e. The predicted octanol–water partition coefficient (Wildman–Crippen LogP) is 1.23. The summed E-state index contributed by atoms with van der Waals surface area (Å²) in [5.74, 6) is 1.04. The number of aryl methyl sites for hydroxylation is 1. The molecule has 0 amide bonds. The van der Waals surface area contributed by atoms with Crippen molar-refractivity contribution in [2.45, 2.75) is 31.8 Å². The van der Waals surface area contributed by atoms with Crippen molar-refractivity contribution in [3.05, 3.63) is 12.2 Å². The van der Waals surface area contributed by atoms with Crippen molar-refractivity contribution in [1.82, 2.24) is 25.0 Å². The molecule has 0 radical (unpaired) electrons. The number of aromatic nitrogens is 3. The van der Waals surface area contributed by atoms with E-state index in [0.717, 1.165) is 25.5 Å². The summed E-state index contributed by atoms with van der Waals surface area (Å²) in [5.41, 5.74) is 0. The molecule has 1 aliphatic rings. The Morgan fingerprint density at radius 1 is 1.39 bits per heavy atom. The molecule has 0 spiro atoms. The highest BCUT2D eigenvalue weighted by atomic mass is 35.5. The van der Waals surface area contributed by atoms with Crippen LogP contribution in [-0.2, 0) is 13.6 Å². The Balaban J connectivity index is 0.00000144. The van der Waals surface area contributed by atoms with Gasteiger partial charge < -0.3 is 5.32 Å². The Labute approximate surface area is 121 Å². The van der Waals surface area contributed by atoms with E-state index in [9.17, 15) is 0 Å². The summed E-state index contributed by atoms with van der Waals surface area (Å²) in [6, 6.07) is 0.673. The van der Waals surface area contributed by atoms with E-state index in [1.165, 1.54) is 19.3 Å². The predicted molar refractivity (Wildman–Crippen MR) is 77.5 cm³/mol. The molecule has 106 valence electrons. The fraction of sp³-hybridized carbons (Fsp3) is 0.818. The lowest BCUT2D eigenvalue weighted by atomic mass is 10.1. The van der Waals surface area contributed by atoms with Gasteiger partial charge in [0.1, 0.15) is 12.2 Å². The minimum Gasteiger partial charge on any atom is -0.317 e. The van der Waals surface area contributed by atoms with E-state index >= 15 is 0 Å². The molecule has 5 nitrogen and oxygen atoms in total. The number of nitrogens with one attached hydrogen (secondary N) is 1. The summed E-state index contributed by atoms with van der Waals surface area (Å²) in [6.07, 6.45) is 5.40. The zero-order valence-corrected chi connectivity index (χ0v) is 12.6. The first-order valence-electron chi connectivity index (χ1n) is 6.01. The minimum absolute atomic E-state index is 0. The Hall–Kier alpha value is -0.360. The molecule has 0 bridgehead atoms. The number of halogens is 2. The van der Waals surface area contributed by atoms with Crippen LogP contribution in [0.4, 0.5) is 0 Å². The van der Waals surface area contributed by atoms with Crippen LogP contribution >= 0.6 is 24.8 Å². The molecule has 1 aromatic rings. The number of nitrogens with zero attached hydrogens (tertiary/aromatic N) is 4. The van der Waals surface area contributed by atoms with Crippen molar-refractivity contribution < 1.29 is 0 Å². The van der Waals surface area contributed by atoms with Crippen LogP contribution < -0.4 is 5.32 Å². The van der Waals surface area contributed by atoms with Crippen molar-refractivity contribution >= 4 is 24.8 Å². The lowest BCUT2D eigenvalue weighted by Crippen LogP contribution is -2.32. The second kappa shape index (κ2) is 8.69. The van der Waals surface area contributed by atoms with Crippen LogP contribution in [0.3, 0.4) is 0 Å². The molecule has 0 saturated carbocycles. The molecule has 1 aliphatic heterocycles. The van der Waals surface area contributed by atoms with Gasteiger partial charge in [0.25, 0.3) is 0 Å². The van der Waals surface area contributed by atoms with Crippen molar-refractivity contribution in [2.75, 3.05) is 20.1 Å². The molecule has 1 fully saturated rings. The standard InChI is InChI=1S/C11H21N5.2ClH/c1-15(8-11-13-9-14-16(11)2)10-4-3-6-12-7-5-10;;/h9-10,12H,3-8H2,1-2H3;2*1H. The normalized spacial score (nSPS) is 19.8. The van der Waals surface area contributed by atoms with E-state index in [-0.39, 0.29) is 24.8 Å². The average molecular weight is 296 g/mol. The van der Waals surface area contributed by atoms with E-state index in [2.05, 4.69) is 27.3 Å². The maximum absolute atomic E-state index is 4.27. The quantitative estimate of drug-likeness (QED) is 0.911. The number of hydrogen-bond acceptors (Lipinski definition) is 4. The summed E-state index contributed by atoms with van der Waals surface area (Å²) < 4.78 is 1.85. The zero-order valence-electron chi connectivity index (χ0n) is 11.0. The third kappa shape index (κ3) is 4.72. The van der Waals surface area contributed by atoms with Gasteiger partial charge in [-0.3, -0.25) is 9.58 Å². The Morgan fingerprint density at radius 3 is 2.83 bits per heavy atom. The van der Waals surface area contributed by atoms with Crippen LogP contribution in [0.2, 0.25) is 0 Å². The van der Waals surface area contributed by atoms with Gasteiger partial charge in [-0.2, -0.15) is 5.10 Å². The van der Waals surface area contributed by atoms with Gasteiger partial charge in [-0.15, -0.1) is 24.8 Å². The third-order valence-electron chi connectivity index (χ3n) is 3.36. The molecule has 1 unspecified atom stereocenters. The second-order valence-electron chi connectivity index (χ2n) is 4.55. The molecule has 1 aromatic heterocycles. The summed E-state index contributed by atoms with van der Waals surface area (Å²) in [6.45, 7) is 3.18. The fourth-order valence-corrected chi connectivity index (χ4v) is 2.26. The van der Waals surface area contributed by atoms with Gasteiger partial charge in [-0.25, -0.2) is 4.98 Å². The van der Waals surface area contributed by atoms with E-state index in [0.29, 0.717) is 6.04 Å². The Kier molecular flexibility index (Phi) is 8.52. The van der Waals surface area contributed by atoms with Crippen molar-refractivity contribution in [3.63, 3.8) is 0 Å². The van der Waals surface area contributed by atoms with Crippen LogP contribution in [0.15, 0.2) is 6.33 Å². The molecule has 0 aromatic carbocycles. The summed E-state index contributed by atoms with van der Waals surface area (Å²) >= 11 is 0. The van der Waals surface area contributed by atoms with Gasteiger partial charge in [0, 0.05) is 13.1 Å². The van der Waals surface area contributed by atoms with Gasteiger partial charge in [-0.1, -0.05) is 0 Å². The molecule has 18 heavy (non-hydrogen) atoms. The van der Waals surface area contributed by atoms with Crippen LogP contribution in [0.1, 0.15) is 25.1 Å². The molecule has 0 aliphatic carbocycles. The summed E-state index contributed by atoms with van der Waals surface area (Å²) in [7, 11) is 4.13. The lowest BCUT2D eigenvalue weighted by Gasteiger charge is -2.26. The molecule has 1 N–H and O–H groups in total. The number of hydrogen-bond donors (Lipinski definition) is 1. The van der Waals surface area contributed by atoms with E-state index in [1.54, 1.807) is 6.33 Å². The second-order valence-corrected chi connectivity index (χ2v) is 4.55. The lowest BCUT2D eigenvalue weighted by molar-refractivity contribution is 0.209. The van der Waals surface area contributed by atoms with Crippen molar-refractivity contribution in [2.24, 2.45) is 7.05 Å². The zero-order chi connectivity index (χ0) is 11.4. The van der Waals surface area contributed by atoms with Gasteiger partial charge in [0.2, 0.25) is 0 Å². The first-order valence-corrected chi connectivity index (χ1v) is 6.01. The summed E-state index contributed by atoms with van der Waals surface area (Å²) in [5, 5.41) is 7.54. The van der Waals surface area contributed by atoms with Crippen LogP contribution in [-0.4, -0.2) is 45.8 Å². The van der Waals surface area contributed by atoms with Crippen LogP contribution in [0.25, 0.3) is 0 Å². The Morgan fingerprint density at radius 2 is 2.17 bits per heavy atom. The maximum atomic E-state index is 4.27. The van der Waals surface area contributed by atoms with Crippen molar-refractivity contribution in [1.29, 1.82) is 0 Å². The van der Waals surface area contributed by atoms with Crippen LogP contribution in [0, 0.1) is 0 Å². The fourth-order valence-electron chi connectivity index (χ4n) is 2.26. The van der Waals surface area contributed by atoms with E-state index in [1.807, 2.05) is 11.7 Å². The molecule has 1 atom stereocenters.